The third kappa shape index (κ3) is 1.66. The molecule has 0 aliphatic heterocycles. The van der Waals surface area contributed by atoms with Crippen molar-refractivity contribution in [2.24, 2.45) is 5.92 Å². The lowest BCUT2D eigenvalue weighted by Gasteiger charge is -2.33. The molecular formula is C10H12N2O4. The molecule has 1 saturated carbocycles. The number of aromatic carboxylic acids is 1. The van der Waals surface area contributed by atoms with Crippen LogP contribution in [0.1, 0.15) is 36.2 Å². The van der Waals surface area contributed by atoms with Gasteiger partial charge in [-0.05, 0) is 18.8 Å². The summed E-state index contributed by atoms with van der Waals surface area (Å²) in [5.41, 5.74) is -1.77. The van der Waals surface area contributed by atoms with Gasteiger partial charge in [0.25, 0.3) is 5.56 Å². The average Bonchev–Trinajstić information content (AvgIpc) is 2.13. The molecule has 1 aliphatic rings. The smallest absolute Gasteiger partial charge is 0.342 e. The molecular weight excluding hydrogens is 212 g/mol. The van der Waals surface area contributed by atoms with Gasteiger partial charge in [0.1, 0.15) is 5.56 Å². The first-order chi connectivity index (χ1) is 7.49. The summed E-state index contributed by atoms with van der Waals surface area (Å²) in [6, 6.07) is 0.0115. The largest absolute Gasteiger partial charge is 0.477 e. The van der Waals surface area contributed by atoms with Gasteiger partial charge in [0.15, 0.2) is 0 Å². The molecule has 0 amide bonds. The molecule has 6 nitrogen and oxygen atoms in total. The van der Waals surface area contributed by atoms with Crippen LogP contribution in [0.15, 0.2) is 15.8 Å². The van der Waals surface area contributed by atoms with Crippen molar-refractivity contribution in [3.63, 3.8) is 0 Å². The second-order valence-electron chi connectivity index (χ2n) is 4.24. The van der Waals surface area contributed by atoms with Crippen LogP contribution >= 0.6 is 0 Å². The van der Waals surface area contributed by atoms with Crippen molar-refractivity contribution in [3.05, 3.63) is 32.6 Å². The van der Waals surface area contributed by atoms with Crippen molar-refractivity contribution in [2.45, 2.75) is 25.8 Å². The Kier molecular flexibility index (Phi) is 2.41. The number of carbonyl (C=O) groups is 1. The van der Waals surface area contributed by atoms with Gasteiger partial charge in [-0.1, -0.05) is 6.92 Å². The van der Waals surface area contributed by atoms with E-state index < -0.39 is 17.2 Å². The lowest BCUT2D eigenvalue weighted by molar-refractivity contribution is 0.0692. The minimum absolute atomic E-state index is 0.0115. The molecule has 0 spiro atoms. The van der Waals surface area contributed by atoms with E-state index >= 15 is 0 Å². The Morgan fingerprint density at radius 1 is 1.50 bits per heavy atom. The van der Waals surface area contributed by atoms with Gasteiger partial charge in [-0.25, -0.2) is 9.59 Å². The van der Waals surface area contributed by atoms with Gasteiger partial charge in [-0.15, -0.1) is 0 Å². The molecule has 2 N–H and O–H groups in total. The Bertz CT molecular complexity index is 536. The SMILES string of the molecule is CC1CC(n2cc(C(=O)O)c(=O)[nH]c2=O)C1. The first kappa shape index (κ1) is 10.7. The zero-order valence-electron chi connectivity index (χ0n) is 8.77. The Balaban J connectivity index is 2.46. The standard InChI is InChI=1S/C10H12N2O4/c1-5-2-6(3-5)12-4-7(9(14)15)8(13)11-10(12)16/h4-6H,2-3H2,1H3,(H,14,15)(H,11,13,16). The molecule has 0 radical (unpaired) electrons. The quantitative estimate of drug-likeness (QED) is 0.750. The molecule has 0 bridgehead atoms. The summed E-state index contributed by atoms with van der Waals surface area (Å²) in [5, 5.41) is 8.77. The molecule has 2 rings (SSSR count). The van der Waals surface area contributed by atoms with Crippen LogP contribution in [-0.4, -0.2) is 20.6 Å². The lowest BCUT2D eigenvalue weighted by Crippen LogP contribution is -2.39. The Labute approximate surface area is 90.5 Å². The third-order valence-electron chi connectivity index (χ3n) is 2.94. The molecule has 1 aromatic rings. The summed E-state index contributed by atoms with van der Waals surface area (Å²) in [7, 11) is 0. The van der Waals surface area contributed by atoms with Crippen molar-refractivity contribution in [3.8, 4) is 0 Å². The topological polar surface area (TPSA) is 92.2 Å². The monoisotopic (exact) mass is 224 g/mol. The van der Waals surface area contributed by atoms with Gasteiger partial charge in [0.05, 0.1) is 0 Å². The van der Waals surface area contributed by atoms with E-state index in [0.717, 1.165) is 19.0 Å². The van der Waals surface area contributed by atoms with Crippen LogP contribution in [0.3, 0.4) is 0 Å². The van der Waals surface area contributed by atoms with E-state index in [4.69, 9.17) is 5.11 Å². The third-order valence-corrected chi connectivity index (χ3v) is 2.94. The summed E-state index contributed by atoms with van der Waals surface area (Å²) in [5.74, 6) is -0.778. The van der Waals surface area contributed by atoms with Gasteiger partial charge in [-0.2, -0.15) is 0 Å². The van der Waals surface area contributed by atoms with Crippen molar-refractivity contribution < 1.29 is 9.90 Å². The molecule has 0 unspecified atom stereocenters. The van der Waals surface area contributed by atoms with E-state index in [2.05, 4.69) is 6.92 Å². The highest BCUT2D eigenvalue weighted by atomic mass is 16.4. The molecule has 16 heavy (non-hydrogen) atoms. The van der Waals surface area contributed by atoms with E-state index in [1.807, 2.05) is 4.98 Å². The molecule has 1 aromatic heterocycles. The van der Waals surface area contributed by atoms with Crippen molar-refractivity contribution in [1.29, 1.82) is 0 Å². The normalized spacial score (nSPS) is 23.8. The van der Waals surface area contributed by atoms with Crippen molar-refractivity contribution in [2.75, 3.05) is 0 Å². The maximum atomic E-state index is 11.5. The number of aromatic nitrogens is 2. The summed E-state index contributed by atoms with van der Waals surface area (Å²) < 4.78 is 1.31. The maximum absolute atomic E-state index is 11.5. The molecule has 0 atom stereocenters. The van der Waals surface area contributed by atoms with E-state index in [0.29, 0.717) is 5.92 Å². The Morgan fingerprint density at radius 2 is 2.12 bits per heavy atom. The van der Waals surface area contributed by atoms with Gasteiger partial charge < -0.3 is 5.11 Å². The second-order valence-corrected chi connectivity index (χ2v) is 4.24. The number of rotatable bonds is 2. The first-order valence-electron chi connectivity index (χ1n) is 5.08. The van der Waals surface area contributed by atoms with Crippen molar-refractivity contribution in [1.82, 2.24) is 9.55 Å². The first-order valence-corrected chi connectivity index (χ1v) is 5.08. The highest BCUT2D eigenvalue weighted by molar-refractivity contribution is 5.86. The Hall–Kier alpha value is -1.85. The summed E-state index contributed by atoms with van der Waals surface area (Å²) >= 11 is 0. The molecule has 6 heteroatoms. The molecule has 1 fully saturated rings. The van der Waals surface area contributed by atoms with Crippen LogP contribution in [0.2, 0.25) is 0 Å². The van der Waals surface area contributed by atoms with Crippen LogP contribution < -0.4 is 11.2 Å². The fourth-order valence-corrected chi connectivity index (χ4v) is 2.00. The van der Waals surface area contributed by atoms with Gasteiger partial charge in [-0.3, -0.25) is 14.3 Å². The number of hydrogen-bond acceptors (Lipinski definition) is 3. The number of aromatic amines is 1. The van der Waals surface area contributed by atoms with Gasteiger partial charge in [0.2, 0.25) is 0 Å². The van der Waals surface area contributed by atoms with Crippen LogP contribution in [0.5, 0.6) is 0 Å². The van der Waals surface area contributed by atoms with E-state index in [1.54, 1.807) is 0 Å². The predicted octanol–water partition coefficient (Wildman–Crippen LogP) is 0.206. The zero-order valence-corrected chi connectivity index (χ0v) is 8.77. The minimum Gasteiger partial charge on any atom is -0.477 e. The highest BCUT2D eigenvalue weighted by Crippen LogP contribution is 2.35. The Morgan fingerprint density at radius 3 is 2.62 bits per heavy atom. The van der Waals surface area contributed by atoms with Crippen LogP contribution in [0.25, 0.3) is 0 Å². The average molecular weight is 224 g/mol. The van der Waals surface area contributed by atoms with E-state index in [-0.39, 0.29) is 11.6 Å². The van der Waals surface area contributed by atoms with Crippen LogP contribution in [-0.2, 0) is 0 Å². The van der Waals surface area contributed by atoms with Crippen molar-refractivity contribution >= 4 is 5.97 Å². The fraction of sp³-hybridized carbons (Fsp3) is 0.500. The predicted molar refractivity (Wildman–Crippen MR) is 55.7 cm³/mol. The summed E-state index contributed by atoms with van der Waals surface area (Å²) in [6.45, 7) is 2.06. The van der Waals surface area contributed by atoms with Gasteiger partial charge in [0, 0.05) is 12.2 Å². The molecule has 1 heterocycles. The molecule has 1 aliphatic carbocycles. The van der Waals surface area contributed by atoms with E-state index in [9.17, 15) is 14.4 Å². The zero-order chi connectivity index (χ0) is 11.9. The highest BCUT2D eigenvalue weighted by Gasteiger charge is 2.28. The number of hydrogen-bond donors (Lipinski definition) is 2. The lowest BCUT2D eigenvalue weighted by atomic mass is 9.82. The number of carboxylic acids is 1. The number of nitrogens with one attached hydrogen (secondary N) is 1. The van der Waals surface area contributed by atoms with Crippen LogP contribution in [0.4, 0.5) is 0 Å². The molecule has 0 saturated heterocycles. The molecule has 0 aromatic carbocycles. The number of nitrogens with zero attached hydrogens (tertiary/aromatic N) is 1. The fourth-order valence-electron chi connectivity index (χ4n) is 2.00. The minimum atomic E-state index is -1.32. The van der Waals surface area contributed by atoms with E-state index in [1.165, 1.54) is 4.57 Å². The number of H-pyrrole nitrogens is 1. The summed E-state index contributed by atoms with van der Waals surface area (Å²) in [6.07, 6.45) is 2.82. The second kappa shape index (κ2) is 3.62. The molecule has 86 valence electrons. The maximum Gasteiger partial charge on any atom is 0.342 e. The van der Waals surface area contributed by atoms with Crippen LogP contribution in [0, 0.1) is 5.92 Å². The number of carboxylic acid groups (broad SMARTS) is 1. The summed E-state index contributed by atoms with van der Waals surface area (Å²) in [4.78, 5) is 35.4. The van der Waals surface area contributed by atoms with Gasteiger partial charge >= 0.3 is 11.7 Å².